The summed E-state index contributed by atoms with van der Waals surface area (Å²) < 4.78 is 87.8. The number of nitrogens with one attached hydrogen (secondary N) is 4. The van der Waals surface area contributed by atoms with Crippen molar-refractivity contribution < 1.29 is 218 Å². The van der Waals surface area contributed by atoms with Gasteiger partial charge in [-0.2, -0.15) is 0 Å². The molecule has 618 valence electrons. The van der Waals surface area contributed by atoms with Gasteiger partial charge in [-0.05, 0) is 0 Å². The third-order valence-corrected chi connectivity index (χ3v) is 19.2. The zero-order valence-electron chi connectivity index (χ0n) is 57.4. The molecule has 48 nitrogen and oxygen atoms in total. The van der Waals surface area contributed by atoms with Gasteiger partial charge in [0.25, 0.3) is 5.79 Å². The lowest BCUT2D eigenvalue weighted by atomic mass is 9.88. The number of rotatable bonds is 29. The summed E-state index contributed by atoms with van der Waals surface area (Å²) in [6, 6.07) is -7.15. The molecule has 8 saturated heterocycles. The van der Waals surface area contributed by atoms with Crippen molar-refractivity contribution >= 4 is 29.6 Å². The van der Waals surface area contributed by atoms with E-state index in [4.69, 9.17) is 71.1 Å². The number of aliphatic carboxylic acids is 1. The lowest BCUT2D eigenvalue weighted by Crippen LogP contribution is -2.70. The average Bonchev–Trinajstić information content (AvgIpc) is 0.859. The van der Waals surface area contributed by atoms with Crippen molar-refractivity contribution in [3.8, 4) is 0 Å². The van der Waals surface area contributed by atoms with Crippen LogP contribution in [0, 0.1) is 0 Å². The normalized spacial score (nSPS) is 46.9. The van der Waals surface area contributed by atoms with Crippen molar-refractivity contribution in [1.29, 1.82) is 0 Å². The lowest BCUT2D eigenvalue weighted by molar-refractivity contribution is -0.397. The number of carbonyl (C=O) groups excluding carboxylic acids is 4. The van der Waals surface area contributed by atoms with Gasteiger partial charge in [0.2, 0.25) is 23.6 Å². The van der Waals surface area contributed by atoms with Crippen LogP contribution in [0.5, 0.6) is 0 Å². The number of aliphatic hydroxyl groups excluding tert-OH is 23. The maximum Gasteiger partial charge on any atom is 0.364 e. The topological polar surface area (TPSA) is 757 Å². The second-order valence-corrected chi connectivity index (χ2v) is 26.8. The largest absolute Gasteiger partial charge is 0.477 e. The van der Waals surface area contributed by atoms with Crippen molar-refractivity contribution in [2.24, 2.45) is 0 Å². The molecule has 8 heterocycles. The van der Waals surface area contributed by atoms with Crippen LogP contribution in [0.1, 0.15) is 34.1 Å². The van der Waals surface area contributed by atoms with Crippen LogP contribution in [0.4, 0.5) is 0 Å². The van der Waals surface area contributed by atoms with E-state index < -0.39 is 340 Å². The highest BCUT2D eigenvalue weighted by atomic mass is 16.8. The second-order valence-electron chi connectivity index (χ2n) is 26.8. The molecule has 8 aliphatic heterocycles. The average molecular weight is 1570 g/mol. The first kappa shape index (κ1) is 88.4. The predicted octanol–water partition coefficient (Wildman–Crippen LogP) is -18.7. The lowest BCUT2D eigenvalue weighted by Gasteiger charge is -2.51. The number of hydrogen-bond donors (Lipinski definition) is 28. The molecule has 0 aliphatic carbocycles. The van der Waals surface area contributed by atoms with Crippen LogP contribution in [0.3, 0.4) is 0 Å². The van der Waals surface area contributed by atoms with E-state index in [-0.39, 0.29) is 0 Å². The molecule has 0 spiro atoms. The van der Waals surface area contributed by atoms with Crippen LogP contribution in [0.2, 0.25) is 0 Å². The van der Waals surface area contributed by atoms with E-state index in [0.29, 0.717) is 0 Å². The number of ether oxygens (including phenoxy) is 15. The molecular formula is C59H98N4O44. The van der Waals surface area contributed by atoms with Gasteiger partial charge in [-0.1, -0.05) is 0 Å². The number of amides is 4. The maximum absolute atomic E-state index is 13.0. The molecule has 0 aromatic rings. The Morgan fingerprint density at radius 2 is 0.766 bits per heavy atom. The molecule has 1 unspecified atom stereocenters. The minimum Gasteiger partial charge on any atom is -0.477 e. The van der Waals surface area contributed by atoms with E-state index in [1.165, 1.54) is 0 Å². The summed E-state index contributed by atoms with van der Waals surface area (Å²) in [6.45, 7) is -5.10. The third kappa shape index (κ3) is 19.7. The van der Waals surface area contributed by atoms with E-state index in [1.807, 2.05) is 0 Å². The van der Waals surface area contributed by atoms with Crippen LogP contribution in [0.25, 0.3) is 0 Å². The summed E-state index contributed by atoms with van der Waals surface area (Å²) in [5, 5.41) is 274. The van der Waals surface area contributed by atoms with Crippen molar-refractivity contribution in [2.75, 3.05) is 52.9 Å². The number of carboxylic acids is 1. The molecule has 48 heteroatoms. The van der Waals surface area contributed by atoms with E-state index >= 15 is 0 Å². The summed E-state index contributed by atoms with van der Waals surface area (Å²) >= 11 is 0. The molecule has 0 bridgehead atoms. The fourth-order valence-corrected chi connectivity index (χ4v) is 13.6. The fourth-order valence-electron chi connectivity index (χ4n) is 13.6. The smallest absolute Gasteiger partial charge is 0.364 e. The number of aliphatic hydroxyl groups is 23. The Labute approximate surface area is 605 Å². The van der Waals surface area contributed by atoms with Crippen molar-refractivity contribution in [1.82, 2.24) is 21.3 Å². The Balaban J connectivity index is 1.08. The van der Waals surface area contributed by atoms with Gasteiger partial charge >= 0.3 is 5.97 Å². The Morgan fingerprint density at radius 1 is 0.383 bits per heavy atom. The number of carboxylic acid groups (broad SMARTS) is 1. The van der Waals surface area contributed by atoms with E-state index in [0.717, 1.165) is 27.7 Å². The molecule has 8 aliphatic rings. The Bertz CT molecular complexity index is 2870. The van der Waals surface area contributed by atoms with Gasteiger partial charge in [0.15, 0.2) is 44.0 Å². The van der Waals surface area contributed by atoms with Crippen LogP contribution < -0.4 is 21.3 Å². The highest BCUT2D eigenvalue weighted by Crippen LogP contribution is 2.40. The zero-order valence-corrected chi connectivity index (χ0v) is 57.4. The molecule has 8 rings (SSSR count). The minimum absolute atomic E-state index is 0.828. The maximum atomic E-state index is 13.0. The summed E-state index contributed by atoms with van der Waals surface area (Å²) in [5.41, 5.74) is 0. The molecule has 107 heavy (non-hydrogen) atoms. The Kier molecular flexibility index (Phi) is 31.5. The molecule has 0 saturated carbocycles. The Hall–Kier alpha value is -4.17. The third-order valence-electron chi connectivity index (χ3n) is 19.2. The quantitative estimate of drug-likeness (QED) is 0.0331. The predicted molar refractivity (Wildman–Crippen MR) is 328 cm³/mol. The molecule has 4 amide bonds. The summed E-state index contributed by atoms with van der Waals surface area (Å²) in [7, 11) is 0. The van der Waals surface area contributed by atoms with Gasteiger partial charge < -0.3 is 215 Å². The molecule has 28 N–H and O–H groups in total. The SMILES string of the molecule is CC(=O)N[C@H]1[C@H](O[C@@H]2[C@@H](O[C@@H]3[C@H](O)[C@H](O[C@H]4[C@H](O)[C@@H](NC(C)=O)C(O)O[C@@H]4CO)O[C@H](CO[C@H]4O[C@H](CO)[C@@H](O)[C@H](O)[C@@H]4O[C@@H]4O[C@H](CO)[C@@H](O)[C@H](O)[C@H]4NC(C)=O)[C@H]3O)O[C@H](CO)[C@@H](O)[C@@H]2O)O[C@H](CO)[C@@H](O[C@@H]2O[C@H](CO[C@]3(C(=O)O)C[C@H](O)[C@@H](NC(C)=O)[C@H]([C@H](O)[C@H](O)CO)O3)[C@H](O)[C@H](O)[C@H]2O)[C@@H]1O. The van der Waals surface area contributed by atoms with Gasteiger partial charge in [-0.3, -0.25) is 19.2 Å². The van der Waals surface area contributed by atoms with Crippen molar-refractivity contribution in [3.63, 3.8) is 0 Å². The first-order chi connectivity index (χ1) is 50.4. The van der Waals surface area contributed by atoms with Crippen LogP contribution in [-0.4, -0.2) is 456 Å². The van der Waals surface area contributed by atoms with Crippen LogP contribution in [-0.2, 0) is 95.0 Å². The van der Waals surface area contributed by atoms with Gasteiger partial charge in [0, 0.05) is 34.1 Å². The monoisotopic (exact) mass is 1570 g/mol. The van der Waals surface area contributed by atoms with Crippen LogP contribution in [0.15, 0.2) is 0 Å². The zero-order chi connectivity index (χ0) is 79.3. The van der Waals surface area contributed by atoms with Gasteiger partial charge in [0.05, 0.1) is 65.0 Å². The molecular weight excluding hydrogens is 1470 g/mol. The molecule has 0 aromatic heterocycles. The highest BCUT2D eigenvalue weighted by molar-refractivity contribution is 5.77. The Morgan fingerprint density at radius 3 is 1.26 bits per heavy atom. The molecule has 0 radical (unpaired) electrons. The van der Waals surface area contributed by atoms with Crippen molar-refractivity contribution in [3.05, 3.63) is 0 Å². The van der Waals surface area contributed by atoms with Gasteiger partial charge in [0.1, 0.15) is 189 Å². The van der Waals surface area contributed by atoms with E-state index in [2.05, 4.69) is 21.3 Å². The van der Waals surface area contributed by atoms with Crippen molar-refractivity contribution in [2.45, 2.75) is 285 Å². The number of carbonyl (C=O) groups is 5. The summed E-state index contributed by atoms with van der Waals surface area (Å²) in [4.78, 5) is 62.6. The second kappa shape index (κ2) is 38.1. The summed E-state index contributed by atoms with van der Waals surface area (Å²) in [6.07, 6.45) is -77.5. The molecule has 8 fully saturated rings. The van der Waals surface area contributed by atoms with Gasteiger partial charge in [-0.25, -0.2) is 4.79 Å². The minimum atomic E-state index is -3.06. The van der Waals surface area contributed by atoms with E-state index in [1.54, 1.807) is 0 Å². The first-order valence-corrected chi connectivity index (χ1v) is 33.7. The molecule has 0 aromatic carbocycles. The highest BCUT2D eigenvalue weighted by Gasteiger charge is 2.61. The first-order valence-electron chi connectivity index (χ1n) is 33.7. The summed E-state index contributed by atoms with van der Waals surface area (Å²) in [5.74, 6) is -8.60. The van der Waals surface area contributed by atoms with E-state index in [9.17, 15) is 147 Å². The van der Waals surface area contributed by atoms with Crippen LogP contribution >= 0.6 is 0 Å². The standard InChI is InChI=1S/C59H98N4O44/c1-14(70)60-27-18(74)5-59(58(91)92,107-47(27)31(76)19(75)6-64)94-13-26-35(80)40(85)43(88)54(101-26)102-46-24(11-69)99-53(30(39(46)84)63-17(4)73)106-50-42(87)34(79)22(9-67)98-57(50)104-48-36(81)25(100-55(44(48)89)103-45-23(10-68)95-51(90)28(38(45)83)61-15(2)71)12-93-56-49(41(86)33(78)21(8-66)97-56)105-52-29(62-16(3)72)37(82)32(77)20(7-65)96-52/h18-57,64-69,74-90H,5-13H2,1-4H3,(H,60,70)(H,61,71)(H,62,72)(H,63,73)(H,91,92)/t18-,19+,20+,21+,22+,23+,24+,25+,26+,27+,28+,29+,30+,31+,32+,33+,34+,35-,36+,37+,38+,39+,40-,41-,42-,43+,44-,45+,46+,47+,48-,49-,50-,51?,52-,53-,54-,55-,56-,57+,59+/m0/s1. The molecule has 41 atom stereocenters. The fraction of sp³-hybridized carbons (Fsp3) is 0.915. The number of hydrogen-bond acceptors (Lipinski definition) is 43. The van der Waals surface area contributed by atoms with Gasteiger partial charge in [-0.15, -0.1) is 0 Å².